The van der Waals surface area contributed by atoms with Crippen LogP contribution in [0.5, 0.6) is 0 Å². The highest BCUT2D eigenvalue weighted by Gasteiger charge is 2.19. The van der Waals surface area contributed by atoms with E-state index in [-0.39, 0.29) is 11.8 Å². The lowest BCUT2D eigenvalue weighted by Crippen LogP contribution is -2.13. The van der Waals surface area contributed by atoms with Gasteiger partial charge >= 0.3 is 0 Å². The molecule has 2 N–H and O–H groups in total. The molecule has 2 heterocycles. The van der Waals surface area contributed by atoms with E-state index in [9.17, 15) is 9.59 Å². The summed E-state index contributed by atoms with van der Waals surface area (Å²) < 4.78 is 0. The normalized spacial score (nSPS) is 12.8. The first-order chi connectivity index (χ1) is 10.0. The van der Waals surface area contributed by atoms with Crippen LogP contribution in [0, 0.1) is 13.8 Å². The van der Waals surface area contributed by atoms with Gasteiger partial charge in [0, 0.05) is 16.9 Å². The molecule has 5 nitrogen and oxygen atoms in total. The van der Waals surface area contributed by atoms with Gasteiger partial charge in [-0.05, 0) is 49.7 Å². The van der Waals surface area contributed by atoms with E-state index < -0.39 is 0 Å². The Morgan fingerprint density at radius 1 is 1.24 bits per heavy atom. The summed E-state index contributed by atoms with van der Waals surface area (Å²) in [4.78, 5) is 27.9. The maximum atomic E-state index is 12.3. The van der Waals surface area contributed by atoms with E-state index in [0.717, 1.165) is 22.6 Å². The summed E-state index contributed by atoms with van der Waals surface area (Å²) in [5.41, 5.74) is 4.55. The van der Waals surface area contributed by atoms with Crippen LogP contribution in [0.4, 0.5) is 11.4 Å². The van der Waals surface area contributed by atoms with Gasteiger partial charge in [-0.3, -0.25) is 14.6 Å². The number of nitrogens with one attached hydrogen (secondary N) is 2. The first-order valence-electron chi connectivity index (χ1n) is 6.71. The molecule has 0 saturated heterocycles. The van der Waals surface area contributed by atoms with E-state index >= 15 is 0 Å². The molecule has 0 fully saturated rings. The summed E-state index contributed by atoms with van der Waals surface area (Å²) >= 11 is 0. The molecule has 5 heteroatoms. The van der Waals surface area contributed by atoms with Crippen molar-refractivity contribution in [3.05, 3.63) is 52.8 Å². The smallest absolute Gasteiger partial charge is 0.255 e. The van der Waals surface area contributed by atoms with Crippen LogP contribution in [0.2, 0.25) is 0 Å². The molecule has 1 aliphatic rings. The maximum absolute atomic E-state index is 12.3. The second-order valence-electron chi connectivity index (χ2n) is 5.14. The van der Waals surface area contributed by atoms with Gasteiger partial charge in [0.1, 0.15) is 0 Å². The second-order valence-corrected chi connectivity index (χ2v) is 5.14. The highest BCUT2D eigenvalue weighted by atomic mass is 16.2. The van der Waals surface area contributed by atoms with Crippen molar-refractivity contribution in [2.45, 2.75) is 20.3 Å². The summed E-state index contributed by atoms with van der Waals surface area (Å²) in [6.45, 7) is 3.76. The van der Waals surface area contributed by atoms with Crippen molar-refractivity contribution in [2.75, 3.05) is 10.6 Å². The number of rotatable bonds is 2. The molecule has 21 heavy (non-hydrogen) atoms. The zero-order valence-electron chi connectivity index (χ0n) is 11.9. The average molecular weight is 281 g/mol. The fourth-order valence-corrected chi connectivity index (χ4v) is 2.38. The van der Waals surface area contributed by atoms with Gasteiger partial charge in [0.25, 0.3) is 5.91 Å². The van der Waals surface area contributed by atoms with Crippen LogP contribution in [0.25, 0.3) is 0 Å². The zero-order chi connectivity index (χ0) is 15.0. The minimum Gasteiger partial charge on any atom is -0.326 e. The van der Waals surface area contributed by atoms with Crippen molar-refractivity contribution in [2.24, 2.45) is 0 Å². The zero-order valence-corrected chi connectivity index (χ0v) is 11.9. The van der Waals surface area contributed by atoms with Crippen LogP contribution in [0.1, 0.15) is 27.3 Å². The Morgan fingerprint density at radius 2 is 2.05 bits per heavy atom. The quantitative estimate of drug-likeness (QED) is 0.888. The Kier molecular flexibility index (Phi) is 3.17. The number of carbonyl (C=O) groups is 2. The van der Waals surface area contributed by atoms with Gasteiger partial charge in [0.05, 0.1) is 17.8 Å². The second kappa shape index (κ2) is 5.01. The summed E-state index contributed by atoms with van der Waals surface area (Å²) in [6.07, 6.45) is 0.321. The summed E-state index contributed by atoms with van der Waals surface area (Å²) in [7, 11) is 0. The van der Waals surface area contributed by atoms with Gasteiger partial charge in [-0.15, -0.1) is 0 Å². The number of anilines is 2. The average Bonchev–Trinajstić information content (AvgIpc) is 2.80. The molecule has 0 bridgehead atoms. The maximum Gasteiger partial charge on any atom is 0.255 e. The minimum atomic E-state index is -0.203. The Labute approximate surface area is 122 Å². The Bertz CT molecular complexity index is 753. The van der Waals surface area contributed by atoms with E-state index in [2.05, 4.69) is 15.6 Å². The minimum absolute atomic E-state index is 0.0406. The predicted octanol–water partition coefficient (Wildman–Crippen LogP) is 2.45. The van der Waals surface area contributed by atoms with E-state index in [0.29, 0.717) is 17.7 Å². The fraction of sp³-hybridized carbons (Fsp3) is 0.188. The summed E-state index contributed by atoms with van der Waals surface area (Å²) in [5, 5.41) is 5.60. The number of aryl methyl sites for hydroxylation is 2. The molecule has 2 amide bonds. The summed E-state index contributed by atoms with van der Waals surface area (Å²) in [5.74, 6) is -0.243. The number of carbonyl (C=O) groups excluding carboxylic acids is 2. The molecule has 2 aromatic rings. The van der Waals surface area contributed by atoms with Gasteiger partial charge in [-0.1, -0.05) is 0 Å². The van der Waals surface area contributed by atoms with Crippen molar-refractivity contribution in [1.29, 1.82) is 0 Å². The molecule has 0 unspecified atom stereocenters. The number of pyridine rings is 1. The van der Waals surface area contributed by atoms with E-state index in [4.69, 9.17) is 0 Å². The molecular weight excluding hydrogens is 266 g/mol. The highest BCUT2D eigenvalue weighted by Crippen LogP contribution is 2.24. The number of benzene rings is 1. The first-order valence-corrected chi connectivity index (χ1v) is 6.71. The molecule has 106 valence electrons. The van der Waals surface area contributed by atoms with Crippen molar-refractivity contribution < 1.29 is 9.59 Å². The Balaban J connectivity index is 1.83. The van der Waals surface area contributed by atoms with Crippen LogP contribution >= 0.6 is 0 Å². The molecule has 1 aromatic carbocycles. The Hall–Kier alpha value is -2.69. The van der Waals surface area contributed by atoms with Crippen LogP contribution in [-0.2, 0) is 11.2 Å². The van der Waals surface area contributed by atoms with Crippen molar-refractivity contribution >= 4 is 23.2 Å². The third-order valence-corrected chi connectivity index (χ3v) is 3.47. The van der Waals surface area contributed by atoms with Crippen molar-refractivity contribution in [3.63, 3.8) is 0 Å². The monoisotopic (exact) mass is 281 g/mol. The van der Waals surface area contributed by atoms with Gasteiger partial charge in [-0.2, -0.15) is 0 Å². The first kappa shape index (κ1) is 13.3. The third kappa shape index (κ3) is 2.63. The van der Waals surface area contributed by atoms with Gasteiger partial charge in [0.15, 0.2) is 0 Å². The molecule has 0 saturated carbocycles. The van der Waals surface area contributed by atoms with Crippen LogP contribution in [-0.4, -0.2) is 16.8 Å². The highest BCUT2D eigenvalue weighted by molar-refractivity contribution is 6.06. The lowest BCUT2D eigenvalue weighted by Gasteiger charge is -2.09. The van der Waals surface area contributed by atoms with Crippen LogP contribution in [0.15, 0.2) is 30.3 Å². The van der Waals surface area contributed by atoms with E-state index in [1.54, 1.807) is 18.2 Å². The number of nitrogens with zero attached hydrogens (tertiary/aromatic N) is 1. The topological polar surface area (TPSA) is 71.1 Å². The van der Waals surface area contributed by atoms with Gasteiger partial charge < -0.3 is 10.6 Å². The third-order valence-electron chi connectivity index (χ3n) is 3.47. The van der Waals surface area contributed by atoms with Crippen molar-refractivity contribution in [1.82, 2.24) is 4.98 Å². The number of hydrogen-bond acceptors (Lipinski definition) is 3. The molecule has 0 radical (unpaired) electrons. The molecule has 3 rings (SSSR count). The number of hydrogen-bond donors (Lipinski definition) is 2. The van der Waals surface area contributed by atoms with Gasteiger partial charge in [0.2, 0.25) is 5.91 Å². The lowest BCUT2D eigenvalue weighted by atomic mass is 10.1. The largest absolute Gasteiger partial charge is 0.326 e. The van der Waals surface area contributed by atoms with E-state index in [1.165, 1.54) is 0 Å². The molecular formula is C16H15N3O2. The number of aromatic nitrogens is 1. The standard InChI is InChI=1S/C16H15N3O2/c1-9-3-5-13(10(2)17-9)19-16(21)11-4-6-14-12(7-11)8-15(20)18-14/h3-7H,8H2,1-2H3,(H,18,20)(H,19,21). The van der Waals surface area contributed by atoms with Crippen LogP contribution in [0.3, 0.4) is 0 Å². The van der Waals surface area contributed by atoms with E-state index in [1.807, 2.05) is 26.0 Å². The van der Waals surface area contributed by atoms with Gasteiger partial charge in [-0.25, -0.2) is 0 Å². The fourth-order valence-electron chi connectivity index (χ4n) is 2.38. The SMILES string of the molecule is Cc1ccc(NC(=O)c2ccc3c(c2)CC(=O)N3)c(C)n1. The Morgan fingerprint density at radius 3 is 2.81 bits per heavy atom. The van der Waals surface area contributed by atoms with Crippen molar-refractivity contribution in [3.8, 4) is 0 Å². The number of amides is 2. The lowest BCUT2D eigenvalue weighted by molar-refractivity contribution is -0.115. The molecule has 0 spiro atoms. The number of fused-ring (bicyclic) bond motifs is 1. The van der Waals surface area contributed by atoms with Crippen LogP contribution < -0.4 is 10.6 Å². The summed E-state index contributed by atoms with van der Waals surface area (Å²) in [6, 6.07) is 8.91. The molecule has 1 aromatic heterocycles. The molecule has 0 atom stereocenters. The molecule has 0 aliphatic carbocycles. The molecule has 1 aliphatic heterocycles. The predicted molar refractivity (Wildman–Crippen MR) is 80.4 cm³/mol.